The Kier molecular flexibility index (Phi) is 10.0. The van der Waals surface area contributed by atoms with Crippen LogP contribution in [0.5, 0.6) is 0 Å². The van der Waals surface area contributed by atoms with Crippen LogP contribution in [-0.4, -0.2) is 85.1 Å². The maximum Gasteiger partial charge on any atom is 0.225 e. The van der Waals surface area contributed by atoms with Crippen molar-refractivity contribution in [3.63, 3.8) is 0 Å². The number of aromatic nitrogens is 2. The van der Waals surface area contributed by atoms with E-state index < -0.39 is 0 Å². The van der Waals surface area contributed by atoms with Gasteiger partial charge in [-0.2, -0.15) is 0 Å². The number of hydrogen-bond acceptors (Lipinski definition) is 5. The van der Waals surface area contributed by atoms with Crippen molar-refractivity contribution in [2.24, 2.45) is 4.99 Å². The molecule has 0 aliphatic carbocycles. The first-order valence-corrected chi connectivity index (χ1v) is 8.83. The average Bonchev–Trinajstić information content (AvgIpc) is 2.65. The summed E-state index contributed by atoms with van der Waals surface area (Å²) in [6.07, 6.45) is 4.76. The van der Waals surface area contributed by atoms with Crippen molar-refractivity contribution in [3.05, 3.63) is 18.5 Å². The number of hydrogen-bond donors (Lipinski definition) is 1. The van der Waals surface area contributed by atoms with E-state index in [-0.39, 0.29) is 24.0 Å². The van der Waals surface area contributed by atoms with Crippen LogP contribution in [0, 0.1) is 0 Å². The van der Waals surface area contributed by atoms with Crippen LogP contribution >= 0.6 is 24.0 Å². The average molecular weight is 461 g/mol. The molecule has 2 rings (SSSR count). The van der Waals surface area contributed by atoms with Crippen molar-refractivity contribution in [1.29, 1.82) is 0 Å². The molecule has 1 saturated heterocycles. The summed E-state index contributed by atoms with van der Waals surface area (Å²) in [4.78, 5) is 20.0. The lowest BCUT2D eigenvalue weighted by Gasteiger charge is -2.36. The second kappa shape index (κ2) is 11.5. The summed E-state index contributed by atoms with van der Waals surface area (Å²) in [5.41, 5.74) is 0. The Hall–Kier alpha value is -1.16. The van der Waals surface area contributed by atoms with Crippen LogP contribution in [0.1, 0.15) is 20.3 Å². The Morgan fingerprint density at radius 1 is 1.28 bits per heavy atom. The van der Waals surface area contributed by atoms with Gasteiger partial charge in [-0.25, -0.2) is 9.97 Å². The normalized spacial score (nSPS) is 16.6. The highest BCUT2D eigenvalue weighted by atomic mass is 127. The number of guanidine groups is 1. The van der Waals surface area contributed by atoms with Crippen LogP contribution in [0.25, 0.3) is 0 Å². The Balaban J connectivity index is 0.00000312. The SMILES string of the molecule is CCC(C)N(C)CCNC(=NC)N1CCN(c2ncccn2)CC1.I. The van der Waals surface area contributed by atoms with Crippen LogP contribution in [0.2, 0.25) is 0 Å². The van der Waals surface area contributed by atoms with Crippen molar-refractivity contribution in [2.75, 3.05) is 58.3 Å². The summed E-state index contributed by atoms with van der Waals surface area (Å²) >= 11 is 0. The van der Waals surface area contributed by atoms with Crippen LogP contribution in [0.15, 0.2) is 23.5 Å². The molecule has 1 aliphatic heterocycles. The second-order valence-electron chi connectivity index (χ2n) is 6.23. The summed E-state index contributed by atoms with van der Waals surface area (Å²) in [6.45, 7) is 10.1. The molecule has 0 saturated carbocycles. The van der Waals surface area contributed by atoms with Gasteiger partial charge in [-0.1, -0.05) is 6.92 Å². The van der Waals surface area contributed by atoms with Crippen LogP contribution in [-0.2, 0) is 0 Å². The molecular formula is C17H32IN7. The lowest BCUT2D eigenvalue weighted by Crippen LogP contribution is -2.53. The summed E-state index contributed by atoms with van der Waals surface area (Å²) < 4.78 is 0. The zero-order chi connectivity index (χ0) is 17.4. The molecule has 2 heterocycles. The molecular weight excluding hydrogens is 429 g/mol. The van der Waals surface area contributed by atoms with E-state index in [4.69, 9.17) is 0 Å². The van der Waals surface area contributed by atoms with Crippen molar-refractivity contribution in [1.82, 2.24) is 25.1 Å². The van der Waals surface area contributed by atoms with Gasteiger partial charge in [0.15, 0.2) is 5.96 Å². The standard InChI is InChI=1S/C17H31N7.HI/c1-5-15(2)22(4)10-9-21-16(18-3)23-11-13-24(14-12-23)17-19-7-6-8-20-17;/h6-8,15H,5,9-14H2,1-4H3,(H,18,21);1H. The highest BCUT2D eigenvalue weighted by molar-refractivity contribution is 14.0. The zero-order valence-corrected chi connectivity index (χ0v) is 18.2. The van der Waals surface area contributed by atoms with E-state index in [1.807, 2.05) is 13.1 Å². The van der Waals surface area contributed by atoms with Gasteiger partial charge in [0.1, 0.15) is 0 Å². The van der Waals surface area contributed by atoms with Crippen molar-refractivity contribution >= 4 is 35.9 Å². The van der Waals surface area contributed by atoms with Gasteiger partial charge in [0.25, 0.3) is 0 Å². The number of nitrogens with zero attached hydrogens (tertiary/aromatic N) is 6. The molecule has 1 atom stereocenters. The molecule has 0 radical (unpaired) electrons. The summed E-state index contributed by atoms with van der Waals surface area (Å²) in [7, 11) is 4.03. The molecule has 25 heavy (non-hydrogen) atoms. The molecule has 0 spiro atoms. The summed E-state index contributed by atoms with van der Waals surface area (Å²) in [6, 6.07) is 2.46. The Morgan fingerprint density at radius 2 is 1.92 bits per heavy atom. The molecule has 1 fully saturated rings. The van der Waals surface area contributed by atoms with Crippen molar-refractivity contribution in [3.8, 4) is 0 Å². The van der Waals surface area contributed by atoms with Gasteiger partial charge in [-0.15, -0.1) is 24.0 Å². The third kappa shape index (κ3) is 6.58. The Morgan fingerprint density at radius 3 is 2.48 bits per heavy atom. The number of nitrogens with one attached hydrogen (secondary N) is 1. The molecule has 0 bridgehead atoms. The predicted octanol–water partition coefficient (Wildman–Crippen LogP) is 1.52. The monoisotopic (exact) mass is 461 g/mol. The largest absolute Gasteiger partial charge is 0.355 e. The minimum absolute atomic E-state index is 0. The van der Waals surface area contributed by atoms with E-state index >= 15 is 0 Å². The second-order valence-corrected chi connectivity index (χ2v) is 6.23. The van der Waals surface area contributed by atoms with Gasteiger partial charge >= 0.3 is 0 Å². The number of halogens is 1. The molecule has 0 aromatic carbocycles. The smallest absolute Gasteiger partial charge is 0.225 e. The number of rotatable bonds is 6. The highest BCUT2D eigenvalue weighted by Gasteiger charge is 2.21. The van der Waals surface area contributed by atoms with E-state index in [0.717, 1.165) is 51.2 Å². The van der Waals surface area contributed by atoms with E-state index in [0.29, 0.717) is 6.04 Å². The number of anilines is 1. The van der Waals surface area contributed by atoms with Crippen LogP contribution in [0.3, 0.4) is 0 Å². The van der Waals surface area contributed by atoms with Gasteiger partial charge in [0.05, 0.1) is 0 Å². The van der Waals surface area contributed by atoms with Crippen molar-refractivity contribution < 1.29 is 0 Å². The molecule has 142 valence electrons. The summed E-state index contributed by atoms with van der Waals surface area (Å²) in [5.74, 6) is 1.80. The molecule has 7 nitrogen and oxygen atoms in total. The third-order valence-corrected chi connectivity index (χ3v) is 4.72. The Labute approximate surface area is 168 Å². The first-order valence-electron chi connectivity index (χ1n) is 8.83. The van der Waals surface area contributed by atoms with Gasteiger partial charge < -0.3 is 20.0 Å². The van der Waals surface area contributed by atoms with Gasteiger partial charge in [0.2, 0.25) is 5.95 Å². The number of piperazine rings is 1. The van der Waals surface area contributed by atoms with Crippen LogP contribution in [0.4, 0.5) is 5.95 Å². The van der Waals surface area contributed by atoms with Crippen molar-refractivity contribution in [2.45, 2.75) is 26.3 Å². The first kappa shape index (κ1) is 21.9. The predicted molar refractivity (Wildman–Crippen MR) is 115 cm³/mol. The molecule has 1 aromatic heterocycles. The van der Waals surface area contributed by atoms with E-state index in [1.165, 1.54) is 6.42 Å². The lowest BCUT2D eigenvalue weighted by atomic mass is 10.2. The zero-order valence-electron chi connectivity index (χ0n) is 15.9. The first-order chi connectivity index (χ1) is 11.7. The van der Waals surface area contributed by atoms with Gasteiger partial charge in [0, 0.05) is 64.8 Å². The fourth-order valence-corrected chi connectivity index (χ4v) is 2.78. The third-order valence-electron chi connectivity index (χ3n) is 4.72. The number of likely N-dealkylation sites (N-methyl/N-ethyl adjacent to an activating group) is 1. The maximum absolute atomic E-state index is 4.43. The highest BCUT2D eigenvalue weighted by Crippen LogP contribution is 2.09. The van der Waals surface area contributed by atoms with E-state index in [1.54, 1.807) is 12.4 Å². The van der Waals surface area contributed by atoms with Gasteiger partial charge in [-0.05, 0) is 26.5 Å². The van der Waals surface area contributed by atoms with E-state index in [2.05, 4.69) is 55.9 Å². The Bertz CT molecular complexity index is 503. The van der Waals surface area contributed by atoms with Crippen LogP contribution < -0.4 is 10.2 Å². The molecule has 8 heteroatoms. The minimum Gasteiger partial charge on any atom is -0.355 e. The summed E-state index contributed by atoms with van der Waals surface area (Å²) in [5, 5.41) is 3.49. The quantitative estimate of drug-likeness (QED) is 0.394. The molecule has 1 unspecified atom stereocenters. The van der Waals surface area contributed by atoms with E-state index in [9.17, 15) is 0 Å². The molecule has 1 N–H and O–H groups in total. The maximum atomic E-state index is 4.43. The minimum atomic E-state index is 0. The number of aliphatic imine (C=N–C) groups is 1. The lowest BCUT2D eigenvalue weighted by molar-refractivity contribution is 0.254. The molecule has 1 aromatic rings. The molecule has 1 aliphatic rings. The fraction of sp³-hybridized carbons (Fsp3) is 0.706. The topological polar surface area (TPSA) is 59.9 Å². The molecule has 0 amide bonds. The fourth-order valence-electron chi connectivity index (χ4n) is 2.78. The van der Waals surface area contributed by atoms with Gasteiger partial charge in [-0.3, -0.25) is 4.99 Å².